The molecule has 6 aliphatic heterocycles. The van der Waals surface area contributed by atoms with Gasteiger partial charge in [0.1, 0.15) is 35.9 Å². The SMILES string of the molecule is C.C.CC1(C)OB(c2c(C=O)cccc2OCOC2CCCCO2)OC1(C)C.O=Cc1cccc(O)c1Br.O=Cc1cccc(OCOC2CCCCO2)c1Br.OCCOC1CCCCO1.c1cc2c3c(c1)OCCOB3OC2. The predicted molar refractivity (Wildman–Crippen MR) is 307 cm³/mol. The molecule has 4 aromatic rings. The Bertz CT molecular complexity index is 2430. The molecule has 10 rings (SSSR count). The van der Waals surface area contributed by atoms with E-state index in [1.807, 2.05) is 39.8 Å². The lowest BCUT2D eigenvalue weighted by Crippen LogP contribution is -2.41. The molecule has 0 saturated carbocycles. The Morgan fingerprint density at radius 3 is 1.62 bits per heavy atom. The number of hydrogen-bond donors (Lipinski definition) is 2. The van der Waals surface area contributed by atoms with Gasteiger partial charge in [-0.2, -0.15) is 0 Å². The summed E-state index contributed by atoms with van der Waals surface area (Å²) in [6, 6.07) is 21.3. The summed E-state index contributed by atoms with van der Waals surface area (Å²) >= 11 is 6.38. The van der Waals surface area contributed by atoms with Crippen LogP contribution in [0.1, 0.15) is 137 Å². The van der Waals surface area contributed by atoms with Crippen molar-refractivity contribution < 1.29 is 85.8 Å². The molecule has 22 heteroatoms. The molecule has 0 bridgehead atoms. The Balaban J connectivity index is 0.000000223. The second-order valence-corrected chi connectivity index (χ2v) is 20.7. The van der Waals surface area contributed by atoms with Crippen LogP contribution in [0.15, 0.2) is 81.7 Å². The van der Waals surface area contributed by atoms with Gasteiger partial charge < -0.3 is 71.5 Å². The lowest BCUT2D eigenvalue weighted by Gasteiger charge is -2.32. The van der Waals surface area contributed by atoms with E-state index >= 15 is 0 Å². The number of phenols is 1. The summed E-state index contributed by atoms with van der Waals surface area (Å²) in [7, 11) is -0.879. The summed E-state index contributed by atoms with van der Waals surface area (Å²) in [5.41, 5.74) is 3.35. The van der Waals surface area contributed by atoms with E-state index in [1.54, 1.807) is 48.5 Å². The van der Waals surface area contributed by atoms with E-state index in [0.717, 1.165) is 88.4 Å². The van der Waals surface area contributed by atoms with Gasteiger partial charge >= 0.3 is 14.2 Å². The maximum atomic E-state index is 11.6. The molecule has 79 heavy (non-hydrogen) atoms. The Morgan fingerprint density at radius 1 is 0.582 bits per heavy atom. The fraction of sp³-hybridized carbons (Fsp3) is 0.526. The van der Waals surface area contributed by atoms with Crippen LogP contribution in [0.2, 0.25) is 0 Å². The summed E-state index contributed by atoms with van der Waals surface area (Å²) in [6.07, 6.45) is 11.2. The number of rotatable bonds is 15. The number of carbonyl (C=O) groups excluding carboxylic acids is 3. The average molecular weight is 1230 g/mol. The van der Waals surface area contributed by atoms with Gasteiger partial charge in [0, 0.05) is 47.4 Å². The van der Waals surface area contributed by atoms with Crippen LogP contribution in [0.5, 0.6) is 23.0 Å². The largest absolute Gasteiger partial charge is 0.507 e. The number of halogens is 2. The highest BCUT2D eigenvalue weighted by Gasteiger charge is 2.53. The van der Waals surface area contributed by atoms with Gasteiger partial charge in [-0.3, -0.25) is 14.4 Å². The van der Waals surface area contributed by atoms with Crippen molar-refractivity contribution in [3.8, 4) is 23.0 Å². The average Bonchev–Trinajstić information content (AvgIpc) is 3.96. The number of aromatic hydroxyl groups is 1. The van der Waals surface area contributed by atoms with E-state index in [0.29, 0.717) is 81.9 Å². The summed E-state index contributed by atoms with van der Waals surface area (Å²) in [6.45, 7) is 12.6. The fourth-order valence-corrected chi connectivity index (χ4v) is 9.05. The van der Waals surface area contributed by atoms with Crippen molar-refractivity contribution in [1.82, 2.24) is 0 Å². The van der Waals surface area contributed by atoms with Gasteiger partial charge in [0.15, 0.2) is 45.0 Å². The quantitative estimate of drug-likeness (QED) is 0.0644. The minimum Gasteiger partial charge on any atom is -0.507 e. The molecule has 6 aliphatic rings. The van der Waals surface area contributed by atoms with Crippen LogP contribution < -0.4 is 25.1 Å². The van der Waals surface area contributed by atoms with E-state index in [9.17, 15) is 14.4 Å². The molecule has 4 aromatic carbocycles. The maximum Gasteiger partial charge on any atom is 0.499 e. The van der Waals surface area contributed by atoms with Gasteiger partial charge in [-0.1, -0.05) is 63.4 Å². The zero-order valence-electron chi connectivity index (χ0n) is 44.2. The zero-order valence-corrected chi connectivity index (χ0v) is 47.3. The molecule has 0 amide bonds. The van der Waals surface area contributed by atoms with Crippen LogP contribution in [-0.2, 0) is 53.6 Å². The van der Waals surface area contributed by atoms with Gasteiger partial charge in [-0.15, -0.1) is 0 Å². The van der Waals surface area contributed by atoms with Crippen molar-refractivity contribution in [2.75, 3.05) is 59.8 Å². The Kier molecular flexibility index (Phi) is 29.7. The molecule has 2 N–H and O–H groups in total. The Labute approximate surface area is 483 Å². The minimum atomic E-state index is -0.678. The van der Waals surface area contributed by atoms with Gasteiger partial charge in [0.05, 0.1) is 46.6 Å². The Morgan fingerprint density at radius 2 is 1.09 bits per heavy atom. The summed E-state index contributed by atoms with van der Waals surface area (Å²) < 4.78 is 73.6. The molecule has 4 saturated heterocycles. The van der Waals surface area contributed by atoms with E-state index < -0.39 is 18.3 Å². The van der Waals surface area contributed by atoms with Crippen LogP contribution in [0.4, 0.5) is 0 Å². The molecule has 434 valence electrons. The monoisotopic (exact) mass is 1230 g/mol. The molecule has 6 heterocycles. The van der Waals surface area contributed by atoms with Crippen molar-refractivity contribution in [2.24, 2.45) is 0 Å². The lowest BCUT2D eigenvalue weighted by molar-refractivity contribution is -0.191. The Hall–Kier alpha value is -4.26. The third kappa shape index (κ3) is 20.3. The van der Waals surface area contributed by atoms with Gasteiger partial charge in [-0.25, -0.2) is 0 Å². The summed E-state index contributed by atoms with van der Waals surface area (Å²) in [5, 5.41) is 17.4. The zero-order chi connectivity index (χ0) is 55.0. The van der Waals surface area contributed by atoms with E-state index in [2.05, 4.69) is 37.9 Å². The molecule has 3 atom stereocenters. The molecule has 0 aliphatic carbocycles. The highest BCUT2D eigenvalue weighted by Crippen LogP contribution is 2.38. The van der Waals surface area contributed by atoms with Crippen molar-refractivity contribution >= 4 is 75.9 Å². The predicted octanol–water partition coefficient (Wildman–Crippen LogP) is 9.90. The van der Waals surface area contributed by atoms with Crippen LogP contribution in [-0.4, -0.2) is 133 Å². The van der Waals surface area contributed by atoms with E-state index in [1.165, 1.54) is 18.1 Å². The highest BCUT2D eigenvalue weighted by atomic mass is 79.9. The number of aliphatic hydroxyl groups excluding tert-OH is 1. The topological polar surface area (TPSA) is 212 Å². The minimum absolute atomic E-state index is 0. The molecule has 3 unspecified atom stereocenters. The second kappa shape index (κ2) is 34.9. The third-order valence-electron chi connectivity index (χ3n) is 13.1. The maximum absolute atomic E-state index is 11.6. The van der Waals surface area contributed by atoms with Crippen molar-refractivity contribution in [3.63, 3.8) is 0 Å². The van der Waals surface area contributed by atoms with Crippen LogP contribution in [0, 0.1) is 0 Å². The van der Waals surface area contributed by atoms with E-state index in [-0.39, 0.29) is 66.8 Å². The summed E-state index contributed by atoms with van der Waals surface area (Å²) in [5.74, 6) is 2.11. The first-order valence-electron chi connectivity index (χ1n) is 25.9. The number of carbonyl (C=O) groups is 3. The molecule has 0 aromatic heterocycles. The molecule has 0 spiro atoms. The smallest absolute Gasteiger partial charge is 0.499 e. The molecular weight excluding hydrogens is 1150 g/mol. The molecule has 18 nitrogen and oxygen atoms in total. The van der Waals surface area contributed by atoms with Gasteiger partial charge in [-0.05, 0) is 147 Å². The second-order valence-electron chi connectivity index (χ2n) is 19.1. The normalized spacial score (nSPS) is 20.2. The van der Waals surface area contributed by atoms with Gasteiger partial charge in [0.25, 0.3) is 0 Å². The molecule has 0 radical (unpaired) electrons. The number of phenolic OH excluding ortho intramolecular Hbond substituents is 1. The molecule has 4 fully saturated rings. The van der Waals surface area contributed by atoms with Crippen molar-refractivity contribution in [2.45, 2.75) is 137 Å². The van der Waals surface area contributed by atoms with E-state index in [4.69, 9.17) is 71.5 Å². The van der Waals surface area contributed by atoms with Crippen LogP contribution >= 0.6 is 31.9 Å². The fourth-order valence-electron chi connectivity index (χ4n) is 8.22. The van der Waals surface area contributed by atoms with Crippen LogP contribution in [0.25, 0.3) is 0 Å². The number of benzene rings is 4. The lowest BCUT2D eigenvalue weighted by atomic mass is 9.75. The molecular formula is C57H78B2Br2O18. The number of ether oxygens (including phenoxy) is 9. The third-order valence-corrected chi connectivity index (χ3v) is 14.8. The first-order chi connectivity index (χ1) is 37.3. The van der Waals surface area contributed by atoms with Crippen molar-refractivity contribution in [3.05, 3.63) is 104 Å². The van der Waals surface area contributed by atoms with Crippen LogP contribution in [0.3, 0.4) is 0 Å². The standard InChI is InChI=1S/C19H27BO6.C13H15BrO4.C9H9BO3.C7H5BrO2.C7H14O3.2CH4/c1-18(2)19(3,4)26-20(25-18)17-14(12-21)8-7-9-15(17)23-13-24-16-10-5-6-11-22-16;14-13-10(8-15)4-3-5-11(13)17-9-18-12-6-1-2-7-16-12;1-2-7-6-13-10-9(7)8(3-1)11-4-5-12-10;8-7-5(4-9)2-1-3-6(7)10;8-4-6-10-7-3-1-2-5-9-7;;/h7-9,12,16H,5-6,10-11,13H2,1-4H3;3-5,8,12H,1-2,6-7,9H2;1-3H,4-6H2;1-4,10H;7-8H,1-6H2;2*1H4. The first-order valence-corrected chi connectivity index (χ1v) is 27.5. The van der Waals surface area contributed by atoms with Crippen molar-refractivity contribution in [1.29, 1.82) is 0 Å². The number of aldehydes is 3. The highest BCUT2D eigenvalue weighted by molar-refractivity contribution is 9.11. The first kappa shape index (κ1) is 67.2. The number of hydrogen-bond acceptors (Lipinski definition) is 18. The summed E-state index contributed by atoms with van der Waals surface area (Å²) in [4.78, 5) is 32.6. The van der Waals surface area contributed by atoms with Gasteiger partial charge in [0.2, 0.25) is 0 Å². The number of aliphatic hydroxyl groups is 1.